The van der Waals surface area contributed by atoms with E-state index in [4.69, 9.17) is 9.47 Å². The topological polar surface area (TPSA) is 81.9 Å². The number of aromatic nitrogens is 2. The number of anilines is 1. The molecule has 0 atom stereocenters. The first kappa shape index (κ1) is 22.1. The summed E-state index contributed by atoms with van der Waals surface area (Å²) in [5.41, 5.74) is 3.76. The minimum absolute atomic E-state index is 0.0963. The van der Waals surface area contributed by atoms with Gasteiger partial charge in [0.25, 0.3) is 11.5 Å². The van der Waals surface area contributed by atoms with Crippen molar-refractivity contribution in [1.29, 1.82) is 0 Å². The lowest BCUT2D eigenvalue weighted by Crippen LogP contribution is -2.20. The van der Waals surface area contributed by atoms with Crippen LogP contribution in [0.15, 0.2) is 77.7 Å². The first-order valence-corrected chi connectivity index (χ1v) is 10.7. The molecule has 33 heavy (non-hydrogen) atoms. The summed E-state index contributed by atoms with van der Waals surface area (Å²) in [5.74, 6) is 0.926. The minimum Gasteiger partial charge on any atom is -0.487 e. The van der Waals surface area contributed by atoms with E-state index in [1.165, 1.54) is 16.0 Å². The molecule has 0 unspecified atom stereocenters. The van der Waals surface area contributed by atoms with E-state index in [1.807, 2.05) is 43.3 Å². The number of hydrogen-bond donors (Lipinski definition) is 1. The number of nitrogens with one attached hydrogen (secondary N) is 1. The molecule has 0 aliphatic heterocycles. The fourth-order valence-corrected chi connectivity index (χ4v) is 3.32. The smallest absolute Gasteiger partial charge is 0.262 e. The van der Waals surface area contributed by atoms with Crippen LogP contribution in [-0.2, 0) is 17.8 Å². The van der Waals surface area contributed by atoms with Crippen LogP contribution < -0.4 is 20.3 Å². The molecule has 2 aromatic heterocycles. The highest BCUT2D eigenvalue weighted by molar-refractivity contribution is 5.92. The molecular weight excluding hydrogens is 418 g/mol. The van der Waals surface area contributed by atoms with Crippen molar-refractivity contribution in [3.05, 3.63) is 100 Å². The van der Waals surface area contributed by atoms with Gasteiger partial charge in [-0.1, -0.05) is 25.1 Å². The normalized spacial score (nSPS) is 10.7. The van der Waals surface area contributed by atoms with Crippen molar-refractivity contribution in [3.8, 4) is 11.5 Å². The van der Waals surface area contributed by atoms with Gasteiger partial charge in [-0.05, 0) is 60.9 Å². The summed E-state index contributed by atoms with van der Waals surface area (Å²) >= 11 is 0. The number of hydrogen-bond acceptors (Lipinski definition) is 5. The van der Waals surface area contributed by atoms with E-state index in [-0.39, 0.29) is 24.7 Å². The summed E-state index contributed by atoms with van der Waals surface area (Å²) < 4.78 is 12.8. The molecule has 0 bridgehead atoms. The molecule has 0 radical (unpaired) electrons. The van der Waals surface area contributed by atoms with Crippen molar-refractivity contribution in [2.45, 2.75) is 26.9 Å². The fourth-order valence-electron chi connectivity index (χ4n) is 3.32. The maximum absolute atomic E-state index is 12.3. The third-order valence-electron chi connectivity index (χ3n) is 5.08. The lowest BCUT2D eigenvalue weighted by molar-refractivity contribution is -0.118. The first-order chi connectivity index (χ1) is 16.0. The minimum atomic E-state index is -0.272. The molecule has 168 valence electrons. The van der Waals surface area contributed by atoms with Crippen LogP contribution in [0, 0.1) is 6.92 Å². The van der Waals surface area contributed by atoms with Crippen molar-refractivity contribution >= 4 is 17.2 Å². The van der Waals surface area contributed by atoms with Crippen molar-refractivity contribution in [2.75, 3.05) is 11.9 Å². The van der Waals surface area contributed by atoms with E-state index in [1.54, 1.807) is 30.5 Å². The highest BCUT2D eigenvalue weighted by Crippen LogP contribution is 2.19. The molecule has 0 spiro atoms. The summed E-state index contributed by atoms with van der Waals surface area (Å²) in [6.07, 6.45) is 2.66. The second-order valence-electron chi connectivity index (χ2n) is 7.67. The molecule has 1 N–H and O–H groups in total. The molecule has 7 heteroatoms. The largest absolute Gasteiger partial charge is 0.487 e. The summed E-state index contributed by atoms with van der Waals surface area (Å²) in [6, 6.07) is 19.9. The number of rotatable bonds is 8. The Kier molecular flexibility index (Phi) is 6.69. The summed E-state index contributed by atoms with van der Waals surface area (Å²) in [5, 5.41) is 2.80. The third kappa shape index (κ3) is 5.77. The van der Waals surface area contributed by atoms with Gasteiger partial charge in [-0.25, -0.2) is 4.98 Å². The molecule has 0 aliphatic rings. The molecule has 0 aliphatic carbocycles. The van der Waals surface area contributed by atoms with E-state index >= 15 is 0 Å². The summed E-state index contributed by atoms with van der Waals surface area (Å²) in [4.78, 5) is 29.1. The SMILES string of the molecule is CCc1ccc(OCC(=O)Nc2cccc(OCc3cc(=O)n4ccc(C)cc4n3)c2)cc1. The number of amides is 1. The molecule has 2 heterocycles. The number of carbonyl (C=O) groups is 1. The zero-order valence-electron chi connectivity index (χ0n) is 18.6. The molecule has 4 rings (SSSR count). The Balaban J connectivity index is 1.35. The van der Waals surface area contributed by atoms with Crippen LogP contribution in [0.5, 0.6) is 11.5 Å². The van der Waals surface area contributed by atoms with Crippen LogP contribution in [0.3, 0.4) is 0 Å². The molecule has 0 fully saturated rings. The van der Waals surface area contributed by atoms with Gasteiger partial charge in [-0.2, -0.15) is 0 Å². The molecule has 1 amide bonds. The third-order valence-corrected chi connectivity index (χ3v) is 5.08. The van der Waals surface area contributed by atoms with E-state index in [2.05, 4.69) is 17.2 Å². The van der Waals surface area contributed by atoms with Gasteiger partial charge in [0, 0.05) is 24.0 Å². The Bertz CT molecular complexity index is 1330. The van der Waals surface area contributed by atoms with Crippen LogP contribution >= 0.6 is 0 Å². The zero-order valence-corrected chi connectivity index (χ0v) is 18.6. The van der Waals surface area contributed by atoms with Crippen molar-refractivity contribution in [3.63, 3.8) is 0 Å². The number of ether oxygens (including phenoxy) is 2. The van der Waals surface area contributed by atoms with Gasteiger partial charge < -0.3 is 14.8 Å². The van der Waals surface area contributed by atoms with Crippen molar-refractivity contribution in [1.82, 2.24) is 9.38 Å². The summed E-state index contributed by atoms with van der Waals surface area (Å²) in [7, 11) is 0. The van der Waals surface area contributed by atoms with Crippen LogP contribution in [0.25, 0.3) is 5.65 Å². The van der Waals surface area contributed by atoms with Gasteiger partial charge in [0.2, 0.25) is 0 Å². The molecule has 0 saturated carbocycles. The maximum Gasteiger partial charge on any atom is 0.262 e. The average molecular weight is 444 g/mol. The second-order valence-corrected chi connectivity index (χ2v) is 7.67. The molecule has 7 nitrogen and oxygen atoms in total. The number of nitrogens with zero attached hydrogens (tertiary/aromatic N) is 2. The Morgan fingerprint density at radius 2 is 1.82 bits per heavy atom. The second kappa shape index (κ2) is 9.99. The number of pyridine rings is 1. The van der Waals surface area contributed by atoms with E-state index in [0.717, 1.165) is 12.0 Å². The Morgan fingerprint density at radius 1 is 1.00 bits per heavy atom. The van der Waals surface area contributed by atoms with Gasteiger partial charge in [0.05, 0.1) is 5.69 Å². The molecule has 0 saturated heterocycles. The van der Waals surface area contributed by atoms with E-state index in [9.17, 15) is 9.59 Å². The van der Waals surface area contributed by atoms with Crippen LogP contribution in [0.1, 0.15) is 23.7 Å². The van der Waals surface area contributed by atoms with E-state index in [0.29, 0.717) is 28.5 Å². The molecular formula is C26H25N3O4. The van der Waals surface area contributed by atoms with Gasteiger partial charge in [0.15, 0.2) is 6.61 Å². The lowest BCUT2D eigenvalue weighted by atomic mass is 10.2. The standard InChI is InChI=1S/C26H25N3O4/c1-3-19-7-9-22(10-8-19)33-17-25(30)28-20-5-4-6-23(14-20)32-16-21-15-26(31)29-12-11-18(2)13-24(29)27-21/h4-15H,3,16-17H2,1-2H3,(H,28,30). The van der Waals surface area contributed by atoms with Crippen LogP contribution in [0.2, 0.25) is 0 Å². The summed E-state index contributed by atoms with van der Waals surface area (Å²) in [6.45, 7) is 4.07. The Hall–Kier alpha value is -4.13. The van der Waals surface area contributed by atoms with E-state index < -0.39 is 0 Å². The van der Waals surface area contributed by atoms with Crippen LogP contribution in [0.4, 0.5) is 5.69 Å². The van der Waals surface area contributed by atoms with Crippen molar-refractivity contribution in [2.24, 2.45) is 0 Å². The highest BCUT2D eigenvalue weighted by Gasteiger charge is 2.07. The number of fused-ring (bicyclic) bond motifs is 1. The van der Waals surface area contributed by atoms with Gasteiger partial charge in [-0.15, -0.1) is 0 Å². The zero-order chi connectivity index (χ0) is 23.2. The predicted molar refractivity (Wildman–Crippen MR) is 127 cm³/mol. The van der Waals surface area contributed by atoms with Gasteiger partial charge in [0.1, 0.15) is 23.8 Å². The monoisotopic (exact) mass is 443 g/mol. The van der Waals surface area contributed by atoms with Crippen LogP contribution in [-0.4, -0.2) is 21.9 Å². The molecule has 4 aromatic rings. The van der Waals surface area contributed by atoms with Crippen molar-refractivity contribution < 1.29 is 14.3 Å². The number of carbonyl (C=O) groups excluding carboxylic acids is 1. The Labute approximate surface area is 191 Å². The highest BCUT2D eigenvalue weighted by atomic mass is 16.5. The average Bonchev–Trinajstić information content (AvgIpc) is 2.82. The number of benzene rings is 2. The molecule has 2 aromatic carbocycles. The number of aryl methyl sites for hydroxylation is 2. The predicted octanol–water partition coefficient (Wildman–Crippen LogP) is 4.16. The van der Waals surface area contributed by atoms with Gasteiger partial charge >= 0.3 is 0 Å². The maximum atomic E-state index is 12.3. The van der Waals surface area contributed by atoms with Gasteiger partial charge in [-0.3, -0.25) is 14.0 Å². The lowest BCUT2D eigenvalue weighted by Gasteiger charge is -2.10. The first-order valence-electron chi connectivity index (χ1n) is 10.7. The fraction of sp³-hybridized carbons (Fsp3) is 0.192. The quantitative estimate of drug-likeness (QED) is 0.442. The Morgan fingerprint density at radius 3 is 2.61 bits per heavy atom.